The summed E-state index contributed by atoms with van der Waals surface area (Å²) in [5.41, 5.74) is 1.71. The molecule has 6 heteroatoms. The molecule has 0 unspecified atom stereocenters. The zero-order valence-corrected chi connectivity index (χ0v) is 13.2. The van der Waals surface area contributed by atoms with Crippen LogP contribution in [0.4, 0.5) is 0 Å². The number of hydrogen-bond acceptors (Lipinski definition) is 5. The van der Waals surface area contributed by atoms with Gasteiger partial charge in [0.1, 0.15) is 30.5 Å². The number of benzene rings is 2. The molecule has 2 aromatic carbocycles. The van der Waals surface area contributed by atoms with E-state index < -0.39 is 0 Å². The van der Waals surface area contributed by atoms with Crippen LogP contribution in [0.3, 0.4) is 0 Å². The van der Waals surface area contributed by atoms with Gasteiger partial charge >= 0.3 is 0 Å². The van der Waals surface area contributed by atoms with Gasteiger partial charge in [-0.3, -0.25) is 0 Å². The second-order valence-corrected chi connectivity index (χ2v) is 5.23. The molecule has 0 radical (unpaired) electrons. The highest BCUT2D eigenvalue weighted by Gasteiger charge is 2.24. The molecule has 1 aliphatic rings. The summed E-state index contributed by atoms with van der Waals surface area (Å²) in [4.78, 5) is 3.38. The molecule has 0 saturated carbocycles. The van der Waals surface area contributed by atoms with E-state index in [2.05, 4.69) is 4.98 Å². The zero-order valence-electron chi connectivity index (χ0n) is 13.2. The summed E-state index contributed by atoms with van der Waals surface area (Å²) in [6.45, 7) is 1.04. The quantitative estimate of drug-likeness (QED) is 0.804. The van der Waals surface area contributed by atoms with Gasteiger partial charge < -0.3 is 28.7 Å². The largest absolute Gasteiger partial charge is 0.497 e. The van der Waals surface area contributed by atoms with Gasteiger partial charge in [-0.2, -0.15) is 0 Å². The monoisotopic (exact) mass is 315 g/mol. The van der Waals surface area contributed by atoms with E-state index in [1.54, 1.807) is 21.3 Å². The number of aromatic nitrogens is 1. The number of nitrogens with one attached hydrogen (secondary N) is 1. The Labute approximate surface area is 132 Å². The van der Waals surface area contributed by atoms with Gasteiger partial charge in [-0.25, -0.2) is 0 Å². The van der Waals surface area contributed by atoms with E-state index in [4.69, 9.17) is 23.7 Å². The van der Waals surface area contributed by atoms with Crippen molar-refractivity contribution in [3.8, 4) is 28.7 Å². The first-order valence-electron chi connectivity index (χ1n) is 7.30. The Balaban J connectivity index is 2.18. The highest BCUT2D eigenvalue weighted by Crippen LogP contribution is 2.48. The first-order chi connectivity index (χ1) is 11.3. The summed E-state index contributed by atoms with van der Waals surface area (Å²) < 4.78 is 28.0. The lowest BCUT2D eigenvalue weighted by atomic mass is 10.1. The fourth-order valence-corrected chi connectivity index (χ4v) is 3.02. The Hall–Kier alpha value is -2.76. The summed E-state index contributed by atoms with van der Waals surface area (Å²) in [5.74, 6) is 3.50. The van der Waals surface area contributed by atoms with Gasteiger partial charge in [0.2, 0.25) is 0 Å². The smallest absolute Gasteiger partial charge is 0.171 e. The Bertz CT molecular complexity index is 899. The number of fused-ring (bicyclic) bond motifs is 5. The molecule has 2 heterocycles. The number of aromatic amines is 1. The van der Waals surface area contributed by atoms with E-state index in [0.717, 1.165) is 21.8 Å². The molecule has 0 spiro atoms. The maximum atomic E-state index is 5.87. The molecule has 23 heavy (non-hydrogen) atoms. The van der Waals surface area contributed by atoms with E-state index in [9.17, 15) is 0 Å². The van der Waals surface area contributed by atoms with Crippen LogP contribution in [0.2, 0.25) is 0 Å². The third-order valence-corrected chi connectivity index (χ3v) is 4.07. The number of H-pyrrole nitrogens is 1. The average Bonchev–Trinajstić information content (AvgIpc) is 2.99. The normalized spacial score (nSPS) is 13.3. The molecule has 1 N–H and O–H groups in total. The maximum absolute atomic E-state index is 5.87. The third-order valence-electron chi connectivity index (χ3n) is 4.07. The number of ether oxygens (including phenoxy) is 5. The van der Waals surface area contributed by atoms with Gasteiger partial charge in [0.25, 0.3) is 0 Å². The van der Waals surface area contributed by atoms with Gasteiger partial charge in [-0.05, 0) is 6.07 Å². The van der Waals surface area contributed by atoms with Gasteiger partial charge in [-0.1, -0.05) is 0 Å². The van der Waals surface area contributed by atoms with Crippen LogP contribution >= 0.6 is 0 Å². The lowest BCUT2D eigenvalue weighted by molar-refractivity contribution is 0.173. The molecule has 3 aromatic rings. The van der Waals surface area contributed by atoms with E-state index in [1.807, 2.05) is 18.2 Å². The van der Waals surface area contributed by atoms with Crippen molar-refractivity contribution in [1.29, 1.82) is 0 Å². The summed E-state index contributed by atoms with van der Waals surface area (Å²) in [6, 6.07) is 5.64. The van der Waals surface area contributed by atoms with Crippen LogP contribution < -0.4 is 23.7 Å². The first kappa shape index (κ1) is 13.9. The second kappa shape index (κ2) is 5.15. The van der Waals surface area contributed by atoms with Crippen molar-refractivity contribution in [2.75, 3.05) is 34.5 Å². The molecule has 0 fully saturated rings. The summed E-state index contributed by atoms with van der Waals surface area (Å²) in [5, 5.41) is 1.85. The molecule has 0 aliphatic carbocycles. The average molecular weight is 315 g/mol. The summed E-state index contributed by atoms with van der Waals surface area (Å²) >= 11 is 0. The number of rotatable bonds is 3. The van der Waals surface area contributed by atoms with Crippen molar-refractivity contribution in [3.63, 3.8) is 0 Å². The predicted molar refractivity (Wildman–Crippen MR) is 86.5 cm³/mol. The standard InChI is InChI=1S/C17H17NO5/c1-19-9-6-10-14-16(18-15(10)11(7-9)20-2)12(21-3)8-13-17(14)23-5-4-22-13/h6-8,18H,4-5H2,1-3H3. The van der Waals surface area contributed by atoms with E-state index >= 15 is 0 Å². The highest BCUT2D eigenvalue weighted by molar-refractivity contribution is 6.15. The molecule has 0 amide bonds. The Morgan fingerprint density at radius 3 is 2.35 bits per heavy atom. The van der Waals surface area contributed by atoms with E-state index in [1.165, 1.54) is 0 Å². The van der Waals surface area contributed by atoms with Crippen molar-refractivity contribution in [1.82, 2.24) is 4.98 Å². The van der Waals surface area contributed by atoms with Gasteiger partial charge in [0.15, 0.2) is 11.5 Å². The predicted octanol–water partition coefficient (Wildman–Crippen LogP) is 3.12. The molecule has 1 aliphatic heterocycles. The summed E-state index contributed by atoms with van der Waals surface area (Å²) in [7, 11) is 4.89. The Morgan fingerprint density at radius 2 is 1.61 bits per heavy atom. The lowest BCUT2D eigenvalue weighted by Gasteiger charge is -2.20. The zero-order chi connectivity index (χ0) is 16.0. The SMILES string of the molecule is COc1cc(OC)c2[nH]c3c(OC)cc4c(c3c2c1)OCCO4. The fraction of sp³-hybridized carbons (Fsp3) is 0.294. The van der Waals surface area contributed by atoms with Crippen LogP contribution in [0.15, 0.2) is 18.2 Å². The number of hydrogen-bond donors (Lipinski definition) is 1. The molecular weight excluding hydrogens is 298 g/mol. The van der Waals surface area contributed by atoms with Crippen LogP contribution in [0, 0.1) is 0 Å². The third kappa shape index (κ3) is 1.94. The highest BCUT2D eigenvalue weighted by atomic mass is 16.6. The van der Waals surface area contributed by atoms with Crippen molar-refractivity contribution in [3.05, 3.63) is 18.2 Å². The Morgan fingerprint density at radius 1 is 0.870 bits per heavy atom. The van der Waals surface area contributed by atoms with Crippen LogP contribution in [0.1, 0.15) is 0 Å². The van der Waals surface area contributed by atoms with Crippen molar-refractivity contribution in [2.45, 2.75) is 0 Å². The van der Waals surface area contributed by atoms with E-state index in [-0.39, 0.29) is 0 Å². The maximum Gasteiger partial charge on any atom is 0.171 e. The molecular formula is C17H17NO5. The Kier molecular flexibility index (Phi) is 3.11. The molecule has 6 nitrogen and oxygen atoms in total. The van der Waals surface area contributed by atoms with Gasteiger partial charge in [-0.15, -0.1) is 0 Å². The van der Waals surface area contributed by atoms with Gasteiger partial charge in [0, 0.05) is 17.5 Å². The topological polar surface area (TPSA) is 61.9 Å². The molecule has 4 rings (SSSR count). The second-order valence-electron chi connectivity index (χ2n) is 5.23. The fourth-order valence-electron chi connectivity index (χ4n) is 3.02. The van der Waals surface area contributed by atoms with Crippen molar-refractivity contribution in [2.24, 2.45) is 0 Å². The van der Waals surface area contributed by atoms with Crippen LogP contribution in [-0.2, 0) is 0 Å². The van der Waals surface area contributed by atoms with Crippen molar-refractivity contribution >= 4 is 21.8 Å². The molecule has 0 atom stereocenters. The minimum absolute atomic E-state index is 0.516. The molecule has 0 saturated heterocycles. The minimum Gasteiger partial charge on any atom is -0.497 e. The molecule has 120 valence electrons. The van der Waals surface area contributed by atoms with Crippen molar-refractivity contribution < 1.29 is 23.7 Å². The number of methoxy groups -OCH3 is 3. The molecule has 1 aromatic heterocycles. The minimum atomic E-state index is 0.516. The summed E-state index contributed by atoms with van der Waals surface area (Å²) in [6.07, 6.45) is 0. The molecule has 0 bridgehead atoms. The van der Waals surface area contributed by atoms with Crippen LogP contribution in [0.5, 0.6) is 28.7 Å². The lowest BCUT2D eigenvalue weighted by Crippen LogP contribution is -2.15. The van der Waals surface area contributed by atoms with E-state index in [0.29, 0.717) is 42.0 Å². The van der Waals surface area contributed by atoms with Gasteiger partial charge in [0.05, 0.1) is 37.7 Å². The van der Waals surface area contributed by atoms with Crippen LogP contribution in [0.25, 0.3) is 21.8 Å². The first-order valence-corrected chi connectivity index (χ1v) is 7.30. The van der Waals surface area contributed by atoms with Crippen LogP contribution in [-0.4, -0.2) is 39.5 Å².